The Kier molecular flexibility index (Phi) is 6.52. The van der Waals surface area contributed by atoms with E-state index in [2.05, 4.69) is 16.6 Å². The Bertz CT molecular complexity index is 974. The van der Waals surface area contributed by atoms with E-state index in [0.29, 0.717) is 5.56 Å². The molecule has 0 fully saturated rings. The lowest BCUT2D eigenvalue weighted by Gasteiger charge is -2.08. The lowest BCUT2D eigenvalue weighted by atomic mass is 10.2. The molecule has 2 aromatic rings. The molecule has 0 aliphatic rings. The molecule has 0 unspecified atom stereocenters. The zero-order chi connectivity index (χ0) is 20.1. The van der Waals surface area contributed by atoms with Crippen LogP contribution in [0.4, 0.5) is 13.2 Å². The summed E-state index contributed by atoms with van der Waals surface area (Å²) in [7, 11) is -3.69. The molecule has 0 aliphatic heterocycles. The molecule has 1 N–H and O–H groups in total. The van der Waals surface area contributed by atoms with Crippen LogP contribution in [-0.2, 0) is 16.2 Å². The van der Waals surface area contributed by atoms with E-state index in [4.69, 9.17) is 4.74 Å². The molecule has 0 aromatic heterocycles. The molecule has 0 spiro atoms. The van der Waals surface area contributed by atoms with E-state index < -0.39 is 21.8 Å². The molecule has 2 aromatic carbocycles. The Labute approximate surface area is 156 Å². The number of hydrogen-bond donors (Lipinski definition) is 1. The Hall–Kier alpha value is -2.50. The van der Waals surface area contributed by atoms with Crippen molar-refractivity contribution in [1.82, 2.24) is 4.72 Å². The van der Waals surface area contributed by atoms with E-state index in [1.54, 1.807) is 19.1 Å². The third-order valence-corrected chi connectivity index (χ3v) is 5.13. The summed E-state index contributed by atoms with van der Waals surface area (Å²) in [6.45, 7) is 3.27. The van der Waals surface area contributed by atoms with Crippen LogP contribution in [0.1, 0.15) is 16.7 Å². The Balaban J connectivity index is 1.89. The largest absolute Gasteiger partial charge is 0.481 e. The van der Waals surface area contributed by atoms with Crippen LogP contribution in [0.5, 0.6) is 5.75 Å². The van der Waals surface area contributed by atoms with Crippen LogP contribution in [0.25, 0.3) is 0 Å². The quantitative estimate of drug-likeness (QED) is 0.783. The number of nitrogens with one attached hydrogen (secondary N) is 1. The second-order valence-electron chi connectivity index (χ2n) is 5.76. The molecular weight excluding hydrogens is 379 g/mol. The smallest absolute Gasteiger partial charge is 0.416 e. The molecule has 0 radical (unpaired) electrons. The number of hydrogen-bond acceptors (Lipinski definition) is 3. The number of rotatable bonds is 5. The van der Waals surface area contributed by atoms with Gasteiger partial charge in [-0.25, -0.2) is 8.42 Å². The van der Waals surface area contributed by atoms with Crippen LogP contribution in [0.15, 0.2) is 47.4 Å². The fourth-order valence-electron chi connectivity index (χ4n) is 2.30. The summed E-state index contributed by atoms with van der Waals surface area (Å²) in [5, 5.41) is 0. The summed E-state index contributed by atoms with van der Waals surface area (Å²) in [5.74, 6) is 5.17. The highest BCUT2D eigenvalue weighted by atomic mass is 32.2. The number of benzene rings is 2. The van der Waals surface area contributed by atoms with Crippen molar-refractivity contribution in [1.29, 1.82) is 0 Å². The van der Waals surface area contributed by atoms with Crippen LogP contribution in [0.2, 0.25) is 0 Å². The molecule has 2 rings (SSSR count). The normalized spacial score (nSPS) is 11.6. The van der Waals surface area contributed by atoms with Crippen molar-refractivity contribution in [2.24, 2.45) is 0 Å². The summed E-state index contributed by atoms with van der Waals surface area (Å²) in [6.07, 6.45) is -4.45. The maximum atomic E-state index is 12.6. The van der Waals surface area contributed by atoms with Crippen LogP contribution < -0.4 is 9.46 Å². The fourth-order valence-corrected chi connectivity index (χ4v) is 3.45. The lowest BCUT2D eigenvalue weighted by Crippen LogP contribution is -2.24. The molecule has 0 bridgehead atoms. The lowest BCUT2D eigenvalue weighted by molar-refractivity contribution is -0.137. The number of ether oxygens (including phenoxy) is 1. The first-order valence-electron chi connectivity index (χ1n) is 7.92. The first-order chi connectivity index (χ1) is 12.6. The minimum absolute atomic E-state index is 0.0370. The summed E-state index contributed by atoms with van der Waals surface area (Å²) in [4.78, 5) is 0.176. The SMILES string of the molecule is Cc1ccc(S(=O)(=O)NCC#CCOc2cccc(C(F)(F)F)c2)c(C)c1. The van der Waals surface area contributed by atoms with Crippen LogP contribution >= 0.6 is 0 Å². The highest BCUT2D eigenvalue weighted by Crippen LogP contribution is 2.31. The van der Waals surface area contributed by atoms with Gasteiger partial charge in [0.15, 0.2) is 0 Å². The van der Waals surface area contributed by atoms with Gasteiger partial charge in [0.2, 0.25) is 10.0 Å². The van der Waals surface area contributed by atoms with Gasteiger partial charge in [-0.1, -0.05) is 35.6 Å². The van der Waals surface area contributed by atoms with E-state index in [-0.39, 0.29) is 23.8 Å². The van der Waals surface area contributed by atoms with Gasteiger partial charge >= 0.3 is 6.18 Å². The van der Waals surface area contributed by atoms with Crippen molar-refractivity contribution in [2.45, 2.75) is 24.9 Å². The number of alkyl halides is 3. The molecule has 0 saturated carbocycles. The van der Waals surface area contributed by atoms with Gasteiger partial charge in [-0.15, -0.1) is 0 Å². The molecular formula is C19H18F3NO3S. The maximum absolute atomic E-state index is 12.6. The van der Waals surface area contributed by atoms with Crippen molar-refractivity contribution >= 4 is 10.0 Å². The fraction of sp³-hybridized carbons (Fsp3) is 0.263. The summed E-state index contributed by atoms with van der Waals surface area (Å²) >= 11 is 0. The van der Waals surface area contributed by atoms with Crippen molar-refractivity contribution in [3.8, 4) is 17.6 Å². The maximum Gasteiger partial charge on any atom is 0.416 e. The van der Waals surface area contributed by atoms with E-state index >= 15 is 0 Å². The van der Waals surface area contributed by atoms with Crippen molar-refractivity contribution < 1.29 is 26.3 Å². The second kappa shape index (κ2) is 8.46. The van der Waals surface area contributed by atoms with Crippen molar-refractivity contribution in [3.05, 3.63) is 59.2 Å². The number of sulfonamides is 1. The van der Waals surface area contributed by atoms with E-state index in [1.807, 2.05) is 6.92 Å². The van der Waals surface area contributed by atoms with Crippen molar-refractivity contribution in [2.75, 3.05) is 13.2 Å². The molecule has 8 heteroatoms. The average molecular weight is 397 g/mol. The zero-order valence-corrected chi connectivity index (χ0v) is 15.5. The third kappa shape index (κ3) is 6.01. The van der Waals surface area contributed by atoms with Crippen LogP contribution in [0.3, 0.4) is 0 Å². The van der Waals surface area contributed by atoms with E-state index in [9.17, 15) is 21.6 Å². The minimum atomic E-state index is -4.45. The number of aryl methyl sites for hydroxylation is 2. The van der Waals surface area contributed by atoms with Crippen LogP contribution in [-0.4, -0.2) is 21.6 Å². The highest BCUT2D eigenvalue weighted by molar-refractivity contribution is 7.89. The molecule has 144 valence electrons. The van der Waals surface area contributed by atoms with Crippen molar-refractivity contribution in [3.63, 3.8) is 0 Å². The van der Waals surface area contributed by atoms with Gasteiger partial charge in [0.05, 0.1) is 17.0 Å². The monoisotopic (exact) mass is 397 g/mol. The molecule has 0 heterocycles. The first kappa shape index (κ1) is 20.8. The van der Waals surface area contributed by atoms with Gasteiger partial charge in [0, 0.05) is 0 Å². The standard InChI is InChI=1S/C19H18F3NO3S/c1-14-8-9-18(15(2)12-14)27(24,25)23-10-3-4-11-26-17-7-5-6-16(13-17)19(20,21)22/h5-9,12-13,23H,10-11H2,1-2H3. The molecule has 0 amide bonds. The summed E-state index contributed by atoms with van der Waals surface area (Å²) in [6, 6.07) is 9.45. The minimum Gasteiger partial charge on any atom is -0.481 e. The summed E-state index contributed by atoms with van der Waals surface area (Å²) in [5.41, 5.74) is 0.774. The van der Waals surface area contributed by atoms with Gasteiger partial charge in [-0.3, -0.25) is 0 Å². The van der Waals surface area contributed by atoms with Crippen LogP contribution in [0, 0.1) is 25.7 Å². The Morgan fingerprint density at radius 3 is 2.48 bits per heavy atom. The van der Waals surface area contributed by atoms with Gasteiger partial charge in [0.25, 0.3) is 0 Å². The first-order valence-corrected chi connectivity index (χ1v) is 9.40. The molecule has 4 nitrogen and oxygen atoms in total. The van der Waals surface area contributed by atoms with Gasteiger partial charge < -0.3 is 4.74 Å². The second-order valence-corrected chi connectivity index (χ2v) is 7.50. The highest BCUT2D eigenvalue weighted by Gasteiger charge is 2.30. The molecule has 0 atom stereocenters. The molecule has 0 aliphatic carbocycles. The molecule has 0 saturated heterocycles. The van der Waals surface area contributed by atoms with Gasteiger partial charge in [-0.05, 0) is 43.7 Å². The molecule has 27 heavy (non-hydrogen) atoms. The predicted molar refractivity (Wildman–Crippen MR) is 95.8 cm³/mol. The Morgan fingerprint density at radius 2 is 1.81 bits per heavy atom. The zero-order valence-electron chi connectivity index (χ0n) is 14.7. The third-order valence-electron chi connectivity index (χ3n) is 3.57. The predicted octanol–water partition coefficient (Wildman–Crippen LogP) is 3.68. The average Bonchev–Trinajstić information content (AvgIpc) is 2.57. The topological polar surface area (TPSA) is 55.4 Å². The number of halogens is 3. The van der Waals surface area contributed by atoms with E-state index in [1.165, 1.54) is 18.2 Å². The Morgan fingerprint density at radius 1 is 1.07 bits per heavy atom. The van der Waals surface area contributed by atoms with E-state index in [0.717, 1.165) is 17.7 Å². The van der Waals surface area contributed by atoms with Gasteiger partial charge in [-0.2, -0.15) is 17.9 Å². The van der Waals surface area contributed by atoms with Gasteiger partial charge in [0.1, 0.15) is 12.4 Å². The summed E-state index contributed by atoms with van der Waals surface area (Å²) < 4.78 is 69.8.